The average Bonchev–Trinajstić information content (AvgIpc) is 3.13. The van der Waals surface area contributed by atoms with Crippen LogP contribution >= 0.6 is 0 Å². The molecule has 1 fully saturated rings. The summed E-state index contributed by atoms with van der Waals surface area (Å²) >= 11 is 0. The molecule has 3 aliphatic rings. The van der Waals surface area contributed by atoms with Crippen molar-refractivity contribution in [2.24, 2.45) is 0 Å². The standard InChI is InChI=1S/C28H21F4NO7/c29-26(30)37-17-6-7-18-19(13-21(38-22(18)12-17)14-1-3-15(4-2-14)24(34)35)33-25(36)27(9-10-27)16-5-8-20-23(11-16)40-28(31,32)39-20/h1-8,11-12,19,21,26H,9-10,13H2,(H,33,36)(H,34,35)/t19-,21-/m1/s1/i9D2,10D2. The number of carbonyl (C=O) groups excluding carboxylic acids is 1. The third kappa shape index (κ3) is 4.74. The van der Waals surface area contributed by atoms with Crippen molar-refractivity contribution in [1.82, 2.24) is 5.32 Å². The molecule has 0 bridgehead atoms. The Labute approximate surface area is 230 Å². The van der Waals surface area contributed by atoms with Crippen molar-refractivity contribution in [2.45, 2.75) is 49.6 Å². The molecule has 3 aromatic carbocycles. The third-order valence-corrected chi connectivity index (χ3v) is 6.69. The van der Waals surface area contributed by atoms with E-state index >= 15 is 0 Å². The van der Waals surface area contributed by atoms with Crippen molar-refractivity contribution in [1.29, 1.82) is 0 Å². The van der Waals surface area contributed by atoms with Gasteiger partial charge in [0, 0.05) is 23.5 Å². The van der Waals surface area contributed by atoms with Crippen LogP contribution in [0.3, 0.4) is 0 Å². The minimum absolute atomic E-state index is 0.0101. The van der Waals surface area contributed by atoms with Gasteiger partial charge in [0.2, 0.25) is 5.91 Å². The largest absolute Gasteiger partial charge is 0.586 e. The summed E-state index contributed by atoms with van der Waals surface area (Å²) in [4.78, 5) is 25.3. The number of amides is 1. The maximum atomic E-state index is 14.0. The molecule has 0 saturated heterocycles. The van der Waals surface area contributed by atoms with Crippen LogP contribution < -0.4 is 24.3 Å². The van der Waals surface area contributed by atoms with Gasteiger partial charge in [0.25, 0.3) is 0 Å². The molecule has 8 nitrogen and oxygen atoms in total. The predicted octanol–water partition coefficient (Wildman–Crippen LogP) is 5.72. The molecule has 208 valence electrons. The Morgan fingerprint density at radius 1 is 1.00 bits per heavy atom. The fourth-order valence-electron chi connectivity index (χ4n) is 4.70. The second-order valence-corrected chi connectivity index (χ2v) is 9.20. The molecule has 0 unspecified atom stereocenters. The molecular weight excluding hydrogens is 538 g/mol. The highest BCUT2D eigenvalue weighted by Crippen LogP contribution is 2.53. The number of benzene rings is 3. The van der Waals surface area contributed by atoms with Crippen LogP contribution in [-0.4, -0.2) is 29.9 Å². The Morgan fingerprint density at radius 2 is 1.73 bits per heavy atom. The topological polar surface area (TPSA) is 103 Å². The first kappa shape index (κ1) is 21.4. The zero-order chi connectivity index (χ0) is 31.8. The molecule has 2 atom stereocenters. The van der Waals surface area contributed by atoms with E-state index in [9.17, 15) is 32.3 Å². The summed E-state index contributed by atoms with van der Waals surface area (Å²) in [5.74, 6) is -3.42. The van der Waals surface area contributed by atoms with Crippen molar-refractivity contribution in [2.75, 3.05) is 0 Å². The van der Waals surface area contributed by atoms with E-state index in [4.69, 9.17) is 10.2 Å². The molecule has 3 aromatic rings. The summed E-state index contributed by atoms with van der Waals surface area (Å²) in [6.07, 6.45) is -10.5. The number of nitrogens with one attached hydrogen (secondary N) is 1. The molecule has 0 aromatic heterocycles. The number of hydrogen-bond donors (Lipinski definition) is 2. The molecule has 1 saturated carbocycles. The number of rotatable bonds is 7. The smallest absolute Gasteiger partial charge is 0.485 e. The Kier molecular flexibility index (Phi) is 4.97. The maximum Gasteiger partial charge on any atom is 0.586 e. The Balaban J connectivity index is 1.37. The van der Waals surface area contributed by atoms with E-state index in [1.54, 1.807) is 0 Å². The van der Waals surface area contributed by atoms with Crippen LogP contribution in [0.5, 0.6) is 23.0 Å². The summed E-state index contributed by atoms with van der Waals surface area (Å²) < 4.78 is 106. The monoisotopic (exact) mass is 563 g/mol. The predicted molar refractivity (Wildman–Crippen MR) is 129 cm³/mol. The number of fused-ring (bicyclic) bond motifs is 2. The van der Waals surface area contributed by atoms with Crippen LogP contribution in [0, 0.1) is 0 Å². The van der Waals surface area contributed by atoms with E-state index < -0.39 is 60.8 Å². The fourth-order valence-corrected chi connectivity index (χ4v) is 4.70. The lowest BCUT2D eigenvalue weighted by Gasteiger charge is -2.34. The first-order valence-corrected chi connectivity index (χ1v) is 11.9. The minimum Gasteiger partial charge on any atom is -0.485 e. The minimum atomic E-state index is -4.01. The van der Waals surface area contributed by atoms with E-state index in [0.29, 0.717) is 5.56 Å². The van der Waals surface area contributed by atoms with E-state index in [1.165, 1.54) is 42.5 Å². The van der Waals surface area contributed by atoms with Gasteiger partial charge in [0.05, 0.1) is 17.0 Å². The van der Waals surface area contributed by atoms with Gasteiger partial charge in [-0.05, 0) is 60.3 Å². The summed E-state index contributed by atoms with van der Waals surface area (Å²) in [5, 5.41) is 11.9. The van der Waals surface area contributed by atoms with E-state index in [1.807, 2.05) is 0 Å². The fraction of sp³-hybridized carbons (Fsp3) is 0.286. The van der Waals surface area contributed by atoms with Gasteiger partial charge in [0.1, 0.15) is 17.6 Å². The number of aromatic carboxylic acids is 1. The average molecular weight is 563 g/mol. The highest BCUT2D eigenvalue weighted by molar-refractivity contribution is 5.92. The van der Waals surface area contributed by atoms with Crippen LogP contribution in [-0.2, 0) is 10.2 Å². The molecule has 1 aliphatic carbocycles. The van der Waals surface area contributed by atoms with Gasteiger partial charge >= 0.3 is 18.9 Å². The second kappa shape index (κ2) is 9.32. The van der Waals surface area contributed by atoms with E-state index in [0.717, 1.165) is 18.2 Å². The van der Waals surface area contributed by atoms with Crippen molar-refractivity contribution in [3.8, 4) is 23.0 Å². The van der Waals surface area contributed by atoms with Gasteiger partial charge in [-0.2, -0.15) is 8.78 Å². The van der Waals surface area contributed by atoms with E-state index in [2.05, 4.69) is 19.5 Å². The van der Waals surface area contributed by atoms with Gasteiger partial charge in [-0.15, -0.1) is 8.78 Å². The lowest BCUT2D eigenvalue weighted by molar-refractivity contribution is -0.286. The summed E-state index contributed by atoms with van der Waals surface area (Å²) in [6, 6.07) is 11.4. The van der Waals surface area contributed by atoms with Gasteiger partial charge in [-0.25, -0.2) is 4.79 Å². The molecule has 40 heavy (non-hydrogen) atoms. The van der Waals surface area contributed by atoms with Gasteiger partial charge in [0.15, 0.2) is 11.5 Å². The molecule has 12 heteroatoms. The highest BCUT2D eigenvalue weighted by Gasteiger charge is 2.53. The maximum absolute atomic E-state index is 14.0. The van der Waals surface area contributed by atoms with Crippen LogP contribution in [0.25, 0.3) is 0 Å². The first-order valence-electron chi connectivity index (χ1n) is 13.9. The van der Waals surface area contributed by atoms with Crippen molar-refractivity contribution in [3.05, 3.63) is 82.9 Å². The molecule has 2 N–H and O–H groups in total. The number of hydrogen-bond acceptors (Lipinski definition) is 6. The normalized spacial score (nSPS) is 25.2. The summed E-state index contributed by atoms with van der Waals surface area (Å²) in [7, 11) is 0. The number of carboxylic acids is 1. The lowest BCUT2D eigenvalue weighted by Crippen LogP contribution is -2.39. The zero-order valence-electron chi connectivity index (χ0n) is 24.1. The third-order valence-electron chi connectivity index (χ3n) is 6.69. The van der Waals surface area contributed by atoms with Crippen LogP contribution in [0.15, 0.2) is 60.7 Å². The number of alkyl halides is 4. The molecular formula is C28H21F4NO7. The highest BCUT2D eigenvalue weighted by atomic mass is 19.3. The van der Waals surface area contributed by atoms with Gasteiger partial charge < -0.3 is 29.4 Å². The number of ether oxygens (including phenoxy) is 4. The molecule has 1 amide bonds. The first-order chi connectivity index (χ1) is 20.6. The molecule has 2 heterocycles. The number of halogens is 4. The second-order valence-electron chi connectivity index (χ2n) is 9.20. The van der Waals surface area contributed by atoms with E-state index in [-0.39, 0.29) is 40.4 Å². The Bertz CT molecular complexity index is 1660. The van der Waals surface area contributed by atoms with Crippen molar-refractivity contribution < 1.29 is 56.7 Å². The quantitative estimate of drug-likeness (QED) is 0.355. The van der Waals surface area contributed by atoms with Crippen LogP contribution in [0.2, 0.25) is 0 Å². The van der Waals surface area contributed by atoms with Crippen LogP contribution in [0.1, 0.15) is 63.8 Å². The zero-order valence-corrected chi connectivity index (χ0v) is 20.1. The number of carbonyl (C=O) groups is 2. The summed E-state index contributed by atoms with van der Waals surface area (Å²) in [6.45, 7) is -3.15. The number of carboxylic acid groups (broad SMARTS) is 1. The van der Waals surface area contributed by atoms with Gasteiger partial charge in [-0.1, -0.05) is 18.2 Å². The summed E-state index contributed by atoms with van der Waals surface area (Å²) in [5.41, 5.74) is -2.06. The molecule has 0 spiro atoms. The Morgan fingerprint density at radius 3 is 2.40 bits per heavy atom. The van der Waals surface area contributed by atoms with Crippen molar-refractivity contribution in [3.63, 3.8) is 0 Å². The SMILES string of the molecule is [2H]C1([2H])C([2H])([2H])C1(C(=O)N[C@@H]1C[C@H](c2ccc(C(=O)O)cc2)Oc2cc(OC(F)F)ccc21)c1ccc2c(c1)OC(F)(F)O2. The molecule has 6 rings (SSSR count). The lowest BCUT2D eigenvalue weighted by atomic mass is 9.90. The van der Waals surface area contributed by atoms with Gasteiger partial charge in [-0.3, -0.25) is 4.79 Å². The molecule has 2 aliphatic heterocycles. The Hall–Kier alpha value is -4.48. The van der Waals surface area contributed by atoms with Crippen LogP contribution in [0.4, 0.5) is 17.6 Å². The van der Waals surface area contributed by atoms with Crippen molar-refractivity contribution >= 4 is 11.9 Å². The molecule has 0 radical (unpaired) electrons.